The standard InChI is InChI=1S/C93H137F2N17O21/c1-52(2)25-32-69-89(131)106-93(11,91(133)104-74(51-113)80(122)50-99-54(5)75(117)37-40-98-56(7)78(120)47-96)39-22-18-16-14-12-13-15-17-21-38-92(10,105-90(132)73(44-60-28-31-64(94)65(95)42-60)111-112-83(57(8)114)86(128)84(126)71(41-53(3)4)102-58(9)115)87(129)85(127)68(34-36-82(124)125)103-88(130)72(43-59-26-29-62(116)30-27-59)110-109-70(45-61-48-101-66-24-20-19-23-63(61)66)77(119)46-76(118)55(6)100-49-79(121)67(107-108-69)33-35-81(97)123/h14,16,19-20,23-24,26-31,42,48,52-57,67-74,83,98-101,107-114,116H,12-13,15,17-18,21-22,25,32-41,43-47,49-51,96H2,1-11H3,(H2,97,123)(H,102,115)(H,103,130)(H,104,133)(H,105,132)(H,106,131)(H,124,125)/t54-,55-,56-,57+,67-,68-,69-,70-,71-,72-,73-,74-,83-,92+,93-/m0/s1. The van der Waals surface area contributed by atoms with Gasteiger partial charge in [0.15, 0.2) is 46.3 Å². The highest BCUT2D eigenvalue weighted by molar-refractivity contribution is 6.43. The van der Waals surface area contributed by atoms with Gasteiger partial charge in [0.25, 0.3) is 0 Å². The molecule has 2 heterocycles. The number of fused-ring (bicyclic) bond motifs is 1. The number of aliphatic hydroxyl groups is 2. The fourth-order valence-corrected chi connectivity index (χ4v) is 14.8. The summed E-state index contributed by atoms with van der Waals surface area (Å²) in [7, 11) is 0. The number of hydrogen-bond acceptors (Lipinski definition) is 30. The molecule has 3 aromatic carbocycles. The average molecular weight is 1870 g/mol. The number of aliphatic hydroxyl groups excluding tert-OH is 2. The third-order valence-electron chi connectivity index (χ3n) is 23.2. The number of primary amides is 1. The number of rotatable bonds is 41. The van der Waals surface area contributed by atoms with E-state index in [1.54, 1.807) is 51.2 Å². The van der Waals surface area contributed by atoms with Crippen molar-refractivity contribution >= 4 is 110 Å². The fraction of sp³-hybridized carbons (Fsp3) is 0.581. The Morgan fingerprint density at radius 1 is 0.624 bits per heavy atom. The summed E-state index contributed by atoms with van der Waals surface area (Å²) in [4.78, 5) is 243. The lowest BCUT2D eigenvalue weighted by atomic mass is 9.84. The Labute approximate surface area is 773 Å². The van der Waals surface area contributed by atoms with Crippen molar-refractivity contribution in [2.45, 2.75) is 301 Å². The van der Waals surface area contributed by atoms with Crippen LogP contribution in [0.3, 0.4) is 0 Å². The molecule has 0 fully saturated rings. The maximum atomic E-state index is 15.6. The van der Waals surface area contributed by atoms with E-state index in [2.05, 4.69) is 80.1 Å². The van der Waals surface area contributed by atoms with Crippen LogP contribution in [0.25, 0.3) is 10.9 Å². The van der Waals surface area contributed by atoms with E-state index in [4.69, 9.17) is 11.5 Å². The van der Waals surface area contributed by atoms with Crippen molar-refractivity contribution < 1.29 is 111 Å². The maximum absolute atomic E-state index is 15.6. The number of phenols is 1. The van der Waals surface area contributed by atoms with Gasteiger partial charge in [0, 0.05) is 49.8 Å². The SMILES string of the molecule is CC(=O)N[C@@H](CC(C)C)C(=O)C(=O)[C@@H](NN[C@@H](Cc1ccc(F)c(F)c1)C(=O)N[C@]1(C)CCCCCCC=CCCC[C@@](C)(C(=O)N[C@@H](CO)C(=O)CN[C@@H](C)C(=O)CCN[C@@H](C)C(=O)CN)NC(=O)[C@H](CCC(C)C)NN[C@@H](CCC(N)=O)C(=O)CN[C@@H](C)C(=O)CC(=O)[C@H](Cc2c[nH]c3ccccc23)NN[C@@H](Cc2ccc(O)cc2)C(=O)N[C@@H](CCC(=O)O)C(=O)C1=O)[C@@H](C)O. The second-order valence-electron chi connectivity index (χ2n) is 35.5. The first kappa shape index (κ1) is 113. The molecule has 734 valence electrons. The second kappa shape index (κ2) is 56.3. The predicted octanol–water partition coefficient (Wildman–Crippen LogP) is 1.33. The molecule has 38 nitrogen and oxygen atoms in total. The molecule has 0 spiro atoms. The Hall–Kier alpha value is -10.9. The maximum Gasteiger partial charge on any atom is 0.303 e. The zero-order chi connectivity index (χ0) is 99.0. The number of carboxylic acid groups (broad SMARTS) is 1. The van der Waals surface area contributed by atoms with E-state index in [1.165, 1.54) is 52.0 Å². The third kappa shape index (κ3) is 38.2. The number of aromatic amines is 1. The largest absolute Gasteiger partial charge is 0.508 e. The van der Waals surface area contributed by atoms with Gasteiger partial charge in [0.05, 0.1) is 87.1 Å². The first-order valence-electron chi connectivity index (χ1n) is 45.3. The van der Waals surface area contributed by atoms with Gasteiger partial charge in [-0.15, -0.1) is 0 Å². The van der Waals surface area contributed by atoms with E-state index >= 15 is 23.6 Å². The monoisotopic (exact) mass is 1870 g/mol. The quantitative estimate of drug-likeness (QED) is 0.0129. The van der Waals surface area contributed by atoms with Crippen molar-refractivity contribution in [3.05, 3.63) is 113 Å². The lowest BCUT2D eigenvalue weighted by Crippen LogP contribution is -2.65. The lowest BCUT2D eigenvalue weighted by molar-refractivity contribution is -0.145. The van der Waals surface area contributed by atoms with E-state index in [1.807, 2.05) is 26.0 Å². The lowest BCUT2D eigenvalue weighted by Gasteiger charge is -2.33. The number of aromatic nitrogens is 1. The molecule has 0 saturated heterocycles. The number of allylic oxidation sites excluding steroid dienone is 2. The highest BCUT2D eigenvalue weighted by atomic mass is 19.2. The number of benzene rings is 3. The number of aromatic hydroxyl groups is 1. The van der Waals surface area contributed by atoms with Crippen molar-refractivity contribution in [1.29, 1.82) is 0 Å². The van der Waals surface area contributed by atoms with Crippen molar-refractivity contribution in [3.63, 3.8) is 0 Å². The molecule has 6 amide bonds. The molecule has 5 rings (SSSR count). The molecule has 0 radical (unpaired) electrons. The van der Waals surface area contributed by atoms with Crippen LogP contribution < -0.4 is 86.6 Å². The minimum Gasteiger partial charge on any atom is -0.508 e. The third-order valence-corrected chi connectivity index (χ3v) is 23.2. The van der Waals surface area contributed by atoms with Crippen LogP contribution >= 0.6 is 0 Å². The van der Waals surface area contributed by atoms with Gasteiger partial charge in [-0.3, -0.25) is 81.5 Å². The number of phenolic OH excluding ortho intramolecular Hbond substituents is 1. The molecule has 0 saturated carbocycles. The van der Waals surface area contributed by atoms with Gasteiger partial charge in [-0.1, -0.05) is 95.5 Å². The van der Waals surface area contributed by atoms with Gasteiger partial charge < -0.3 is 79.4 Å². The summed E-state index contributed by atoms with van der Waals surface area (Å²) >= 11 is 0. The van der Waals surface area contributed by atoms with Gasteiger partial charge in [-0.2, -0.15) is 0 Å². The summed E-state index contributed by atoms with van der Waals surface area (Å²) in [6, 6.07) is -1.74. The first-order valence-corrected chi connectivity index (χ1v) is 45.3. The topological polar surface area (TPSA) is 607 Å². The van der Waals surface area contributed by atoms with Crippen molar-refractivity contribution in [2.75, 3.05) is 32.8 Å². The average Bonchev–Trinajstić information content (AvgIpc) is 1.81. The zero-order valence-corrected chi connectivity index (χ0v) is 77.8. The van der Waals surface area contributed by atoms with E-state index in [0.29, 0.717) is 47.7 Å². The molecule has 1 aliphatic heterocycles. The van der Waals surface area contributed by atoms with Gasteiger partial charge in [-0.25, -0.2) is 41.3 Å². The van der Waals surface area contributed by atoms with Crippen LogP contribution in [0.1, 0.15) is 208 Å². The number of nitrogens with one attached hydrogen (secondary N) is 15. The number of amides is 6. The number of para-hydroxylation sites is 1. The van der Waals surface area contributed by atoms with E-state index in [9.17, 15) is 87.1 Å². The molecule has 0 unspecified atom stereocenters. The van der Waals surface area contributed by atoms with Crippen LogP contribution in [0, 0.1) is 23.5 Å². The molecular formula is C93H137F2N17O21. The molecule has 1 aliphatic rings. The summed E-state index contributed by atoms with van der Waals surface area (Å²) < 4.78 is 29.7. The van der Waals surface area contributed by atoms with E-state index in [0.717, 1.165) is 32.0 Å². The number of Topliss-reactive ketones (excluding diaryl/α,β-unsaturated/α-hetero) is 10. The molecule has 0 aliphatic carbocycles. The number of halogens is 2. The Balaban J connectivity index is 1.63. The fourth-order valence-electron chi connectivity index (χ4n) is 14.8. The Bertz CT molecular complexity index is 4680. The first-order chi connectivity index (χ1) is 62.8. The molecule has 1 aromatic heterocycles. The number of aliphatic carboxylic acids is 1. The van der Waals surface area contributed by atoms with Crippen molar-refractivity contribution in [2.24, 2.45) is 23.3 Å². The summed E-state index contributed by atoms with van der Waals surface area (Å²) in [6.07, 6.45) is 1.54. The molecule has 133 heavy (non-hydrogen) atoms. The number of carbonyl (C=O) groups is 17. The smallest absolute Gasteiger partial charge is 0.303 e. The number of hydrazine groups is 3. The van der Waals surface area contributed by atoms with E-state index < -0.39 is 234 Å². The van der Waals surface area contributed by atoms with Gasteiger partial charge >= 0.3 is 5.97 Å². The summed E-state index contributed by atoms with van der Waals surface area (Å²) in [5.74, 6) is -18.7. The number of hydrogen-bond donors (Lipinski definition) is 21. The van der Waals surface area contributed by atoms with Crippen LogP contribution in [-0.4, -0.2) is 247 Å². The Morgan fingerprint density at radius 3 is 1.90 bits per heavy atom. The zero-order valence-electron chi connectivity index (χ0n) is 77.8. The van der Waals surface area contributed by atoms with Crippen LogP contribution in [0.15, 0.2) is 85.1 Å². The highest BCUT2D eigenvalue weighted by Crippen LogP contribution is 2.26. The minimum atomic E-state index is -2.34. The summed E-state index contributed by atoms with van der Waals surface area (Å²) in [5.41, 5.74) is 25.1. The number of nitrogens with two attached hydrogens (primary N) is 2. The number of ketones is 10. The normalized spacial score (nSPS) is 22.0. The minimum absolute atomic E-state index is 0.0102. The van der Waals surface area contributed by atoms with Crippen LogP contribution in [0.2, 0.25) is 0 Å². The van der Waals surface area contributed by atoms with Crippen LogP contribution in [-0.2, 0) is 101 Å². The summed E-state index contributed by atoms with van der Waals surface area (Å²) in [6.45, 7) is 14.5. The van der Waals surface area contributed by atoms with Crippen LogP contribution in [0.4, 0.5) is 8.78 Å². The predicted molar refractivity (Wildman–Crippen MR) is 489 cm³/mol. The van der Waals surface area contributed by atoms with Crippen molar-refractivity contribution in [1.82, 2.24) is 80.1 Å². The molecule has 40 heteroatoms. The van der Waals surface area contributed by atoms with Crippen molar-refractivity contribution in [3.8, 4) is 5.75 Å². The molecule has 15 atom stereocenters. The molecule has 0 bridgehead atoms. The number of H-pyrrole nitrogens is 1. The Kier molecular flexibility index (Phi) is 47.7. The number of carboxylic acids is 1. The van der Waals surface area contributed by atoms with Crippen LogP contribution in [0.5, 0.6) is 5.75 Å². The Morgan fingerprint density at radius 2 is 1.26 bits per heavy atom. The molecule has 23 N–H and O–H groups in total. The van der Waals surface area contributed by atoms with Gasteiger partial charge in [0.1, 0.15) is 41.0 Å². The highest BCUT2D eigenvalue weighted by Gasteiger charge is 2.45. The second-order valence-corrected chi connectivity index (χ2v) is 35.5. The van der Waals surface area contributed by atoms with E-state index in [-0.39, 0.29) is 131 Å². The molecular weight excluding hydrogens is 1730 g/mol. The van der Waals surface area contributed by atoms with Gasteiger partial charge in [-0.05, 0) is 190 Å². The number of carbonyl (C=O) groups excluding carboxylic acids is 16. The molecule has 4 aromatic rings. The summed E-state index contributed by atoms with van der Waals surface area (Å²) in [5, 5.41) is 64.6. The van der Waals surface area contributed by atoms with Gasteiger partial charge in [0.2, 0.25) is 58.6 Å².